The lowest BCUT2D eigenvalue weighted by Crippen LogP contribution is -2.44. The van der Waals surface area contributed by atoms with Gasteiger partial charge in [0.1, 0.15) is 11.4 Å². The molecule has 2 atom stereocenters. The van der Waals surface area contributed by atoms with E-state index >= 15 is 0 Å². The molecule has 1 saturated heterocycles. The summed E-state index contributed by atoms with van der Waals surface area (Å²) in [5.41, 5.74) is -0.691. The molecule has 0 spiro atoms. The molecule has 3 heteroatoms. The van der Waals surface area contributed by atoms with Gasteiger partial charge in [0.25, 0.3) is 0 Å². The summed E-state index contributed by atoms with van der Waals surface area (Å²) in [7, 11) is 0. The molecule has 0 amide bonds. The maximum absolute atomic E-state index is 10.6. The van der Waals surface area contributed by atoms with Gasteiger partial charge in [-0.3, -0.25) is 0 Å². The summed E-state index contributed by atoms with van der Waals surface area (Å²) >= 11 is 1.85. The second kappa shape index (κ2) is 4.15. The fourth-order valence-corrected chi connectivity index (χ4v) is 3.30. The van der Waals surface area contributed by atoms with E-state index in [0.29, 0.717) is 0 Å². The van der Waals surface area contributed by atoms with Crippen molar-refractivity contribution in [2.75, 3.05) is 12.4 Å². The van der Waals surface area contributed by atoms with Crippen LogP contribution >= 0.6 is 11.8 Å². The normalized spacial score (nSPS) is 38.7. The molecule has 2 rings (SSSR count). The summed E-state index contributed by atoms with van der Waals surface area (Å²) in [5, 5.41) is 10.8. The van der Waals surface area contributed by atoms with E-state index in [1.807, 2.05) is 11.8 Å². The van der Waals surface area contributed by atoms with Crippen LogP contribution in [0.3, 0.4) is 0 Å². The predicted octanol–water partition coefficient (Wildman–Crippen LogP) is 2.33. The van der Waals surface area contributed by atoms with Crippen LogP contribution in [0.15, 0.2) is 11.8 Å². The lowest BCUT2D eigenvalue weighted by Gasteiger charge is -2.39. The minimum absolute atomic E-state index is 0.264. The zero-order valence-corrected chi connectivity index (χ0v) is 9.48. The average Bonchev–Trinajstić information content (AvgIpc) is 2.24. The summed E-state index contributed by atoms with van der Waals surface area (Å²) < 4.78 is 5.59. The van der Waals surface area contributed by atoms with Crippen molar-refractivity contribution in [2.45, 2.75) is 43.5 Å². The number of hydrogen-bond acceptors (Lipinski definition) is 3. The fraction of sp³-hybridized carbons (Fsp3) is 0.818. The van der Waals surface area contributed by atoms with E-state index in [2.05, 4.69) is 13.0 Å². The van der Waals surface area contributed by atoms with Crippen LogP contribution < -0.4 is 0 Å². The van der Waals surface area contributed by atoms with Crippen LogP contribution in [0, 0.1) is 0 Å². The second-order valence-electron chi connectivity index (χ2n) is 4.10. The Morgan fingerprint density at radius 3 is 3.07 bits per heavy atom. The van der Waals surface area contributed by atoms with Crippen LogP contribution in [0.1, 0.15) is 32.6 Å². The summed E-state index contributed by atoms with van der Waals surface area (Å²) in [6.07, 6.45) is 6.15. The Balaban J connectivity index is 2.15. The Hall–Kier alpha value is -0.150. The van der Waals surface area contributed by atoms with Crippen molar-refractivity contribution in [3.8, 4) is 0 Å². The third-order valence-electron chi connectivity index (χ3n) is 3.11. The summed E-state index contributed by atoms with van der Waals surface area (Å²) in [5.74, 6) is 2.00. The Kier molecular flexibility index (Phi) is 3.07. The van der Waals surface area contributed by atoms with Gasteiger partial charge in [-0.2, -0.15) is 11.8 Å². The monoisotopic (exact) mass is 214 g/mol. The van der Waals surface area contributed by atoms with Gasteiger partial charge in [0, 0.05) is 5.25 Å². The molecule has 2 nitrogen and oxygen atoms in total. The molecule has 2 heterocycles. The van der Waals surface area contributed by atoms with Gasteiger partial charge < -0.3 is 9.84 Å². The maximum atomic E-state index is 10.6. The number of rotatable bonds is 1. The molecule has 2 unspecified atom stereocenters. The van der Waals surface area contributed by atoms with Gasteiger partial charge >= 0.3 is 0 Å². The molecule has 1 N–H and O–H groups in total. The largest absolute Gasteiger partial charge is 0.495 e. The first-order chi connectivity index (χ1) is 6.73. The third-order valence-corrected chi connectivity index (χ3v) is 4.52. The topological polar surface area (TPSA) is 29.5 Å². The molecular formula is C11H18O2S. The average molecular weight is 214 g/mol. The summed E-state index contributed by atoms with van der Waals surface area (Å²) in [6, 6.07) is 0. The van der Waals surface area contributed by atoms with Crippen molar-refractivity contribution in [3.05, 3.63) is 11.8 Å². The molecule has 0 aliphatic carbocycles. The molecule has 2 aliphatic rings. The zero-order chi connectivity index (χ0) is 10.0. The Labute approximate surface area is 89.7 Å². The smallest absolute Gasteiger partial charge is 0.133 e. The Morgan fingerprint density at radius 2 is 2.43 bits per heavy atom. The van der Waals surface area contributed by atoms with Crippen LogP contribution in [0.25, 0.3) is 0 Å². The van der Waals surface area contributed by atoms with Crippen molar-refractivity contribution < 1.29 is 9.84 Å². The van der Waals surface area contributed by atoms with E-state index in [1.165, 1.54) is 0 Å². The fourth-order valence-electron chi connectivity index (χ4n) is 2.13. The molecule has 80 valence electrons. The molecule has 0 aromatic rings. The highest BCUT2D eigenvalue weighted by Crippen LogP contribution is 2.40. The Bertz CT molecular complexity index is 239. The van der Waals surface area contributed by atoms with Gasteiger partial charge in [-0.05, 0) is 37.5 Å². The standard InChI is InChI=1S/C11H18O2S/c1-9-11(12,6-4-8-14-9)10-5-2-3-7-13-10/h5,9,12H,2-4,6-8H2,1H3. The number of allylic oxidation sites excluding steroid dienone is 1. The highest BCUT2D eigenvalue weighted by Gasteiger charge is 2.41. The number of ether oxygens (including phenoxy) is 1. The van der Waals surface area contributed by atoms with Crippen LogP contribution in [-0.4, -0.2) is 28.3 Å². The van der Waals surface area contributed by atoms with Crippen molar-refractivity contribution in [1.29, 1.82) is 0 Å². The minimum Gasteiger partial charge on any atom is -0.495 e. The lowest BCUT2D eigenvalue weighted by molar-refractivity contribution is -0.00336. The van der Waals surface area contributed by atoms with E-state index in [-0.39, 0.29) is 5.25 Å². The first kappa shape index (κ1) is 10.4. The molecule has 0 aromatic carbocycles. The lowest BCUT2D eigenvalue weighted by atomic mass is 9.90. The molecule has 0 radical (unpaired) electrons. The highest BCUT2D eigenvalue weighted by atomic mass is 32.2. The van der Waals surface area contributed by atoms with Crippen LogP contribution in [0.5, 0.6) is 0 Å². The van der Waals surface area contributed by atoms with Crippen LogP contribution in [0.2, 0.25) is 0 Å². The molecular weight excluding hydrogens is 196 g/mol. The molecule has 2 aliphatic heterocycles. The van der Waals surface area contributed by atoms with Gasteiger partial charge in [0.05, 0.1) is 6.61 Å². The molecule has 0 saturated carbocycles. The maximum Gasteiger partial charge on any atom is 0.133 e. The first-order valence-electron chi connectivity index (χ1n) is 5.41. The van der Waals surface area contributed by atoms with Gasteiger partial charge in [0.2, 0.25) is 0 Å². The van der Waals surface area contributed by atoms with Crippen molar-refractivity contribution in [3.63, 3.8) is 0 Å². The third kappa shape index (κ3) is 1.80. The van der Waals surface area contributed by atoms with Gasteiger partial charge in [-0.25, -0.2) is 0 Å². The van der Waals surface area contributed by atoms with E-state index in [0.717, 1.165) is 43.8 Å². The molecule has 14 heavy (non-hydrogen) atoms. The Morgan fingerprint density at radius 1 is 1.57 bits per heavy atom. The van der Waals surface area contributed by atoms with Crippen LogP contribution in [-0.2, 0) is 4.74 Å². The van der Waals surface area contributed by atoms with E-state index < -0.39 is 5.60 Å². The number of aliphatic hydroxyl groups is 1. The SMILES string of the molecule is CC1SCCCC1(O)C1=CCCCO1. The summed E-state index contributed by atoms with van der Waals surface area (Å²) in [4.78, 5) is 0. The van der Waals surface area contributed by atoms with Crippen molar-refractivity contribution >= 4 is 11.8 Å². The number of hydrogen-bond donors (Lipinski definition) is 1. The van der Waals surface area contributed by atoms with E-state index in [4.69, 9.17) is 4.74 Å². The van der Waals surface area contributed by atoms with Crippen LogP contribution in [0.4, 0.5) is 0 Å². The van der Waals surface area contributed by atoms with Gasteiger partial charge in [-0.15, -0.1) is 0 Å². The minimum atomic E-state index is -0.691. The van der Waals surface area contributed by atoms with Gasteiger partial charge in [0.15, 0.2) is 0 Å². The van der Waals surface area contributed by atoms with E-state index in [1.54, 1.807) is 0 Å². The quantitative estimate of drug-likeness (QED) is 0.726. The van der Waals surface area contributed by atoms with Crippen molar-refractivity contribution in [2.24, 2.45) is 0 Å². The predicted molar refractivity (Wildman–Crippen MR) is 59.4 cm³/mol. The number of thioether (sulfide) groups is 1. The van der Waals surface area contributed by atoms with Crippen molar-refractivity contribution in [1.82, 2.24) is 0 Å². The highest BCUT2D eigenvalue weighted by molar-refractivity contribution is 8.00. The van der Waals surface area contributed by atoms with Gasteiger partial charge in [-0.1, -0.05) is 6.92 Å². The molecule has 0 aromatic heterocycles. The molecule has 1 fully saturated rings. The summed E-state index contributed by atoms with van der Waals surface area (Å²) in [6.45, 7) is 2.87. The second-order valence-corrected chi connectivity index (χ2v) is 5.55. The van der Waals surface area contributed by atoms with E-state index in [9.17, 15) is 5.11 Å². The first-order valence-corrected chi connectivity index (χ1v) is 6.46. The zero-order valence-electron chi connectivity index (χ0n) is 8.66. The molecule has 0 bridgehead atoms.